The zero-order valence-corrected chi connectivity index (χ0v) is 26.1. The van der Waals surface area contributed by atoms with Crippen LogP contribution < -0.4 is 10.6 Å². The molecule has 1 aliphatic rings. The van der Waals surface area contributed by atoms with Crippen LogP contribution in [0.2, 0.25) is 0 Å². The van der Waals surface area contributed by atoms with Crippen molar-refractivity contribution in [3.05, 3.63) is 144 Å². The van der Waals surface area contributed by atoms with E-state index in [1.807, 2.05) is 42.5 Å². The van der Waals surface area contributed by atoms with Crippen molar-refractivity contribution >= 4 is 12.0 Å². The first-order chi connectivity index (χ1) is 22.1. The molecule has 0 atom stereocenters. The Bertz CT molecular complexity index is 1400. The van der Waals surface area contributed by atoms with E-state index in [0.717, 1.165) is 38.0 Å². The number of nitrogens with one attached hydrogen (secondary N) is 2. The smallest absolute Gasteiger partial charge is 0.407 e. The molecule has 0 unspecified atom stereocenters. The van der Waals surface area contributed by atoms with Gasteiger partial charge in [0.1, 0.15) is 6.61 Å². The van der Waals surface area contributed by atoms with E-state index in [-0.39, 0.29) is 30.9 Å². The molecule has 4 aromatic rings. The highest BCUT2D eigenvalue weighted by molar-refractivity contribution is 5.77. The van der Waals surface area contributed by atoms with Crippen LogP contribution in [0.1, 0.15) is 60.3 Å². The Morgan fingerprint density at radius 1 is 0.733 bits per heavy atom. The van der Waals surface area contributed by atoms with Crippen LogP contribution in [-0.4, -0.2) is 49.6 Å². The molecular weight excluding hydrogens is 558 g/mol. The van der Waals surface area contributed by atoms with Crippen molar-refractivity contribution in [3.8, 4) is 0 Å². The molecule has 0 saturated carbocycles. The normalized spacial score (nSPS) is 14.0. The number of carbonyl (C=O) groups is 2. The zero-order valence-electron chi connectivity index (χ0n) is 26.1. The zero-order chi connectivity index (χ0) is 31.2. The third-order valence-corrected chi connectivity index (χ3v) is 9.01. The number of hydrogen-bond donors (Lipinski definition) is 2. The van der Waals surface area contributed by atoms with E-state index in [2.05, 4.69) is 94.4 Å². The summed E-state index contributed by atoms with van der Waals surface area (Å²) in [5.74, 6) is 0.545. The average molecular weight is 604 g/mol. The van der Waals surface area contributed by atoms with Crippen LogP contribution in [0, 0.1) is 0 Å². The summed E-state index contributed by atoms with van der Waals surface area (Å²) >= 11 is 0. The van der Waals surface area contributed by atoms with Crippen molar-refractivity contribution in [2.45, 2.75) is 50.0 Å². The van der Waals surface area contributed by atoms with Crippen LogP contribution in [0.4, 0.5) is 4.79 Å². The molecule has 0 aromatic heterocycles. The van der Waals surface area contributed by atoms with Gasteiger partial charge in [0, 0.05) is 24.9 Å². The number of likely N-dealkylation sites (tertiary alicyclic amines) is 1. The van der Waals surface area contributed by atoms with Gasteiger partial charge in [-0.1, -0.05) is 121 Å². The molecule has 1 aliphatic heterocycles. The Kier molecular flexibility index (Phi) is 11.8. The van der Waals surface area contributed by atoms with Gasteiger partial charge in [-0.05, 0) is 73.5 Å². The minimum Gasteiger partial charge on any atom is -0.445 e. The van der Waals surface area contributed by atoms with Gasteiger partial charge in [-0.2, -0.15) is 0 Å². The molecule has 6 nitrogen and oxygen atoms in total. The molecule has 6 heteroatoms. The molecule has 2 amide bonds. The second kappa shape index (κ2) is 16.6. The molecule has 0 bridgehead atoms. The predicted molar refractivity (Wildman–Crippen MR) is 180 cm³/mol. The molecule has 2 N–H and O–H groups in total. The third kappa shape index (κ3) is 9.29. The molecule has 45 heavy (non-hydrogen) atoms. The minimum absolute atomic E-state index is 0.0995. The lowest BCUT2D eigenvalue weighted by molar-refractivity contribution is -0.121. The number of nitrogens with zero attached hydrogens (tertiary/aromatic N) is 1. The van der Waals surface area contributed by atoms with Gasteiger partial charge in [-0.3, -0.25) is 4.79 Å². The number of piperidine rings is 1. The highest BCUT2D eigenvalue weighted by atomic mass is 16.5. The Balaban J connectivity index is 1.17. The molecule has 0 radical (unpaired) electrons. The standard InChI is InChI=1S/C39H45N3O3/c43-37(22-26-40-38(44)45-30-32-14-5-1-6-15-32)41-31-39(35-18-9-3-10-19-35,36-20-11-4-12-21-36)25-13-27-42-28-23-34(24-29-42)33-16-7-2-8-17-33/h1-12,14-21,34H,13,22-31H2,(H,40,44)(H,41,43). The molecule has 234 valence electrons. The fraction of sp³-hybridized carbons (Fsp3) is 0.333. The first-order valence-corrected chi connectivity index (χ1v) is 16.2. The lowest BCUT2D eigenvalue weighted by atomic mass is 9.71. The molecular formula is C39H45N3O3. The van der Waals surface area contributed by atoms with E-state index >= 15 is 0 Å². The van der Waals surface area contributed by atoms with Crippen LogP contribution in [0.5, 0.6) is 0 Å². The maximum atomic E-state index is 13.1. The average Bonchev–Trinajstić information content (AvgIpc) is 3.11. The quantitative estimate of drug-likeness (QED) is 0.162. The molecule has 4 aromatic carbocycles. The van der Waals surface area contributed by atoms with Crippen molar-refractivity contribution in [3.63, 3.8) is 0 Å². The molecule has 0 aliphatic carbocycles. The van der Waals surface area contributed by atoms with Crippen LogP contribution in [-0.2, 0) is 21.6 Å². The monoisotopic (exact) mass is 603 g/mol. The highest BCUT2D eigenvalue weighted by Gasteiger charge is 2.34. The van der Waals surface area contributed by atoms with Crippen LogP contribution in [0.3, 0.4) is 0 Å². The van der Waals surface area contributed by atoms with Gasteiger partial charge in [0.25, 0.3) is 0 Å². The van der Waals surface area contributed by atoms with Gasteiger partial charge in [-0.15, -0.1) is 0 Å². The van der Waals surface area contributed by atoms with Gasteiger partial charge >= 0.3 is 6.09 Å². The van der Waals surface area contributed by atoms with Gasteiger partial charge in [0.15, 0.2) is 0 Å². The number of carbonyl (C=O) groups excluding carboxylic acids is 2. The van der Waals surface area contributed by atoms with Crippen LogP contribution in [0.15, 0.2) is 121 Å². The number of alkyl carbamates (subject to hydrolysis) is 1. The second-order valence-electron chi connectivity index (χ2n) is 12.0. The Hall–Kier alpha value is -4.42. The fourth-order valence-corrected chi connectivity index (χ4v) is 6.47. The van der Waals surface area contributed by atoms with Gasteiger partial charge in [0.2, 0.25) is 5.91 Å². The molecule has 1 saturated heterocycles. The number of benzene rings is 4. The summed E-state index contributed by atoms with van der Waals surface area (Å²) in [6.45, 7) is 4.14. The van der Waals surface area contributed by atoms with E-state index in [1.165, 1.54) is 29.5 Å². The summed E-state index contributed by atoms with van der Waals surface area (Å²) in [5.41, 5.74) is 4.39. The van der Waals surface area contributed by atoms with Crippen molar-refractivity contribution in [1.29, 1.82) is 0 Å². The van der Waals surface area contributed by atoms with Gasteiger partial charge < -0.3 is 20.3 Å². The summed E-state index contributed by atoms with van der Waals surface area (Å²) in [7, 11) is 0. The van der Waals surface area contributed by atoms with Gasteiger partial charge in [-0.25, -0.2) is 4.79 Å². The van der Waals surface area contributed by atoms with E-state index in [9.17, 15) is 9.59 Å². The molecule has 1 fully saturated rings. The Morgan fingerprint density at radius 3 is 1.89 bits per heavy atom. The summed E-state index contributed by atoms with van der Waals surface area (Å²) in [5, 5.41) is 5.92. The van der Waals surface area contributed by atoms with Crippen LogP contribution >= 0.6 is 0 Å². The van der Waals surface area contributed by atoms with Gasteiger partial charge in [0.05, 0.1) is 0 Å². The van der Waals surface area contributed by atoms with E-state index in [4.69, 9.17) is 4.74 Å². The molecule has 1 heterocycles. The van der Waals surface area contributed by atoms with Crippen molar-refractivity contribution in [2.75, 3.05) is 32.7 Å². The molecule has 0 spiro atoms. The van der Waals surface area contributed by atoms with E-state index < -0.39 is 6.09 Å². The van der Waals surface area contributed by atoms with E-state index in [1.54, 1.807) is 0 Å². The topological polar surface area (TPSA) is 70.7 Å². The maximum absolute atomic E-state index is 13.1. The van der Waals surface area contributed by atoms with Crippen molar-refractivity contribution in [2.24, 2.45) is 0 Å². The summed E-state index contributed by atoms with van der Waals surface area (Å²) in [6, 6.07) is 41.5. The lowest BCUT2D eigenvalue weighted by Gasteiger charge is -2.37. The number of rotatable bonds is 14. The number of hydrogen-bond acceptors (Lipinski definition) is 4. The minimum atomic E-state index is -0.526. The lowest BCUT2D eigenvalue weighted by Crippen LogP contribution is -2.43. The first-order valence-electron chi connectivity index (χ1n) is 16.2. The maximum Gasteiger partial charge on any atom is 0.407 e. The number of ether oxygens (including phenoxy) is 1. The number of amides is 2. The van der Waals surface area contributed by atoms with Crippen LogP contribution in [0.25, 0.3) is 0 Å². The predicted octanol–water partition coefficient (Wildman–Crippen LogP) is 7.07. The largest absolute Gasteiger partial charge is 0.445 e. The summed E-state index contributed by atoms with van der Waals surface area (Å²) in [6.07, 6.45) is 3.96. The molecule has 5 rings (SSSR count). The first kappa shape index (κ1) is 32.0. The highest BCUT2D eigenvalue weighted by Crippen LogP contribution is 2.37. The SMILES string of the molecule is O=C(CCNC(=O)OCc1ccccc1)NCC(CCCN1CCC(c2ccccc2)CC1)(c1ccccc1)c1ccccc1. The Morgan fingerprint density at radius 2 is 1.29 bits per heavy atom. The van der Waals surface area contributed by atoms with Crippen molar-refractivity contribution < 1.29 is 14.3 Å². The Labute approximate surface area is 267 Å². The third-order valence-electron chi connectivity index (χ3n) is 9.01. The van der Waals surface area contributed by atoms with Crippen molar-refractivity contribution in [1.82, 2.24) is 15.5 Å². The van der Waals surface area contributed by atoms with E-state index in [0.29, 0.717) is 12.5 Å². The second-order valence-corrected chi connectivity index (χ2v) is 12.0. The summed E-state index contributed by atoms with van der Waals surface area (Å²) < 4.78 is 5.28. The fourth-order valence-electron chi connectivity index (χ4n) is 6.47. The summed E-state index contributed by atoms with van der Waals surface area (Å²) in [4.78, 5) is 27.8.